The van der Waals surface area contributed by atoms with Crippen LogP contribution in [-0.4, -0.2) is 39.6 Å². The molecular formula is C50H48I6O4. The van der Waals surface area contributed by atoms with Gasteiger partial charge < -0.3 is 18.9 Å². The zero-order valence-electron chi connectivity index (χ0n) is 33.2. The first-order chi connectivity index (χ1) is 29.4. The first-order valence-electron chi connectivity index (χ1n) is 19.8. The van der Waals surface area contributed by atoms with Crippen LogP contribution in [0.3, 0.4) is 0 Å². The third kappa shape index (κ3) is 12.2. The second-order valence-electron chi connectivity index (χ2n) is 14.3. The van der Waals surface area contributed by atoms with Crippen molar-refractivity contribution in [2.75, 3.05) is 39.6 Å². The van der Waals surface area contributed by atoms with Gasteiger partial charge in [0, 0.05) is 26.6 Å². The summed E-state index contributed by atoms with van der Waals surface area (Å²) in [4.78, 5) is 0. The van der Waals surface area contributed by atoms with E-state index in [1.165, 1.54) is 33.4 Å². The lowest BCUT2D eigenvalue weighted by atomic mass is 9.79. The third-order valence-corrected chi connectivity index (χ3v) is 15.8. The van der Waals surface area contributed by atoms with E-state index >= 15 is 0 Å². The normalized spacial score (nSPS) is 11.9. The van der Waals surface area contributed by atoms with E-state index in [1.54, 1.807) is 0 Å². The molecule has 0 spiro atoms. The maximum absolute atomic E-state index is 7.07. The van der Waals surface area contributed by atoms with Crippen molar-refractivity contribution in [1.29, 1.82) is 0 Å². The average Bonchev–Trinajstić information content (AvgIpc) is 3.32. The van der Waals surface area contributed by atoms with Gasteiger partial charge in [-0.2, -0.15) is 0 Å². The molecule has 0 atom stereocenters. The molecule has 0 aliphatic heterocycles. The first-order valence-corrected chi connectivity index (χ1v) is 28.9. The van der Waals surface area contributed by atoms with Gasteiger partial charge in [0.15, 0.2) is 0 Å². The van der Waals surface area contributed by atoms with Gasteiger partial charge in [-0.1, -0.05) is 281 Å². The van der Waals surface area contributed by atoms with Crippen molar-refractivity contribution in [3.8, 4) is 0 Å². The van der Waals surface area contributed by atoms with Gasteiger partial charge in [0.2, 0.25) is 0 Å². The van der Waals surface area contributed by atoms with E-state index in [2.05, 4.69) is 281 Å². The van der Waals surface area contributed by atoms with Gasteiger partial charge >= 0.3 is 0 Å². The van der Waals surface area contributed by atoms with E-state index in [4.69, 9.17) is 18.9 Å². The highest BCUT2D eigenvalue weighted by Crippen LogP contribution is 2.43. The van der Waals surface area contributed by atoms with Crippen molar-refractivity contribution in [2.24, 2.45) is 0 Å². The van der Waals surface area contributed by atoms with Crippen LogP contribution in [0.5, 0.6) is 0 Å². The van der Waals surface area contributed by atoms with Crippen molar-refractivity contribution in [1.82, 2.24) is 0 Å². The zero-order valence-corrected chi connectivity index (χ0v) is 46.2. The number of alkyl halides is 6. The Balaban J connectivity index is 1.13. The van der Waals surface area contributed by atoms with E-state index in [1.807, 2.05) is 0 Å². The molecule has 0 bridgehead atoms. The Morgan fingerprint density at radius 3 is 0.583 bits per heavy atom. The fraction of sp³-hybridized carbons (Fsp3) is 0.280. The number of hydrogen-bond donors (Lipinski definition) is 0. The molecule has 10 heteroatoms. The second kappa shape index (κ2) is 25.3. The van der Waals surface area contributed by atoms with E-state index in [0.29, 0.717) is 39.6 Å². The summed E-state index contributed by atoms with van der Waals surface area (Å²) in [5, 5.41) is 0. The predicted octanol–water partition coefficient (Wildman–Crippen LogP) is 14.6. The van der Waals surface area contributed by atoms with Gasteiger partial charge in [0.05, 0.1) is 39.6 Å². The molecular weight excluding hydrogens is 1430 g/mol. The maximum Gasteiger partial charge on any atom is 0.143 e. The lowest BCUT2D eigenvalue weighted by Crippen LogP contribution is -2.34. The summed E-state index contributed by atoms with van der Waals surface area (Å²) in [5.41, 5.74) is 12.7. The van der Waals surface area contributed by atoms with E-state index in [9.17, 15) is 0 Å². The molecule has 6 aromatic rings. The Kier molecular flexibility index (Phi) is 20.6. The lowest BCUT2D eigenvalue weighted by Gasteiger charge is -2.36. The van der Waals surface area contributed by atoms with Crippen molar-refractivity contribution in [2.45, 2.75) is 37.8 Å². The second-order valence-corrected chi connectivity index (χ2v) is 18.8. The highest BCUT2D eigenvalue weighted by Gasteiger charge is 2.39. The molecule has 0 aromatic heterocycles. The number of halogens is 6. The van der Waals surface area contributed by atoms with Crippen LogP contribution in [0.1, 0.15) is 66.8 Å². The zero-order chi connectivity index (χ0) is 42.2. The quantitative estimate of drug-likeness (QED) is 0.0277. The Morgan fingerprint density at radius 2 is 0.417 bits per heavy atom. The molecule has 0 aliphatic carbocycles. The van der Waals surface area contributed by atoms with Crippen LogP contribution in [-0.2, 0) is 56.7 Å². The summed E-state index contributed by atoms with van der Waals surface area (Å²) >= 11 is 14.5. The average molecular weight is 1470 g/mol. The van der Waals surface area contributed by atoms with Gasteiger partial charge in [0.25, 0.3) is 0 Å². The van der Waals surface area contributed by atoms with Crippen LogP contribution in [0.25, 0.3) is 0 Å². The number of ether oxygens (including phenoxy) is 4. The van der Waals surface area contributed by atoms with Crippen LogP contribution in [0.4, 0.5) is 0 Å². The monoisotopic (exact) mass is 1470 g/mol. The molecule has 0 saturated carbocycles. The minimum absolute atomic E-state index is 0.408. The van der Waals surface area contributed by atoms with Crippen LogP contribution in [0, 0.1) is 0 Å². The molecule has 314 valence electrons. The highest BCUT2D eigenvalue weighted by atomic mass is 127. The van der Waals surface area contributed by atoms with Crippen LogP contribution in [0.2, 0.25) is 0 Å². The molecule has 0 unspecified atom stereocenters. The molecule has 0 heterocycles. The maximum atomic E-state index is 7.07. The summed E-state index contributed by atoms with van der Waals surface area (Å²) in [6.07, 6.45) is 0. The van der Waals surface area contributed by atoms with Crippen molar-refractivity contribution >= 4 is 136 Å². The molecule has 0 amide bonds. The molecule has 6 aromatic carbocycles. The van der Waals surface area contributed by atoms with Crippen LogP contribution >= 0.6 is 136 Å². The fourth-order valence-corrected chi connectivity index (χ4v) is 10.4. The Labute approximate surface area is 438 Å². The molecule has 0 radical (unpaired) electrons. The Hall–Kier alpha value is -0.460. The van der Waals surface area contributed by atoms with Crippen LogP contribution in [0.15, 0.2) is 146 Å². The van der Waals surface area contributed by atoms with Gasteiger partial charge in [-0.25, -0.2) is 0 Å². The molecule has 0 aliphatic rings. The van der Waals surface area contributed by atoms with Gasteiger partial charge in [0.1, 0.15) is 11.2 Å². The molecule has 6 rings (SSSR count). The summed E-state index contributed by atoms with van der Waals surface area (Å²) < 4.78 is 32.2. The molecule has 60 heavy (non-hydrogen) atoms. The standard InChI is InChI=1S/C50H48I6O4/c51-31-37-1-13-43(14-2-37)49(44-15-3-38(32-52)4-16-44,45-17-5-39(33-53)6-18-45)59-29-27-57-25-26-58-28-30-60-50(46-19-7-40(34-54)8-20-46,47-21-9-41(35-55)10-22-47)48-23-11-42(36-56)12-24-48/h1-24H,25-36H2. The number of benzene rings is 6. The number of hydrogen-bond acceptors (Lipinski definition) is 4. The minimum Gasteiger partial charge on any atom is -0.377 e. The lowest BCUT2D eigenvalue weighted by molar-refractivity contribution is -0.0480. The van der Waals surface area contributed by atoms with E-state index in [0.717, 1.165) is 59.9 Å². The summed E-state index contributed by atoms with van der Waals surface area (Å²) in [5.74, 6) is 0. The highest BCUT2D eigenvalue weighted by molar-refractivity contribution is 14.1. The predicted molar refractivity (Wildman–Crippen MR) is 298 cm³/mol. The van der Waals surface area contributed by atoms with Gasteiger partial charge in [-0.3, -0.25) is 0 Å². The van der Waals surface area contributed by atoms with E-state index in [-0.39, 0.29) is 0 Å². The van der Waals surface area contributed by atoms with Crippen molar-refractivity contribution in [3.63, 3.8) is 0 Å². The van der Waals surface area contributed by atoms with Crippen molar-refractivity contribution < 1.29 is 18.9 Å². The summed E-state index contributed by atoms with van der Waals surface area (Å²) in [6, 6.07) is 53.2. The smallest absolute Gasteiger partial charge is 0.143 e. The topological polar surface area (TPSA) is 36.9 Å². The van der Waals surface area contributed by atoms with Crippen LogP contribution < -0.4 is 0 Å². The molecule has 0 N–H and O–H groups in total. The summed E-state index contributed by atoms with van der Waals surface area (Å²) in [6.45, 7) is 2.58. The fourth-order valence-electron chi connectivity index (χ4n) is 7.30. The van der Waals surface area contributed by atoms with Gasteiger partial charge in [-0.05, 0) is 66.8 Å². The van der Waals surface area contributed by atoms with Gasteiger partial charge in [-0.15, -0.1) is 0 Å². The van der Waals surface area contributed by atoms with E-state index < -0.39 is 11.2 Å². The third-order valence-electron chi connectivity index (χ3n) is 10.6. The number of rotatable bonds is 23. The Morgan fingerprint density at radius 1 is 0.250 bits per heavy atom. The molecule has 4 nitrogen and oxygen atoms in total. The SMILES string of the molecule is ICc1ccc(C(OCCOCCOCCOC(c2ccc(CI)cc2)(c2ccc(CI)cc2)c2ccc(CI)cc2)(c2ccc(CI)cc2)c2ccc(CI)cc2)cc1. The van der Waals surface area contributed by atoms with Crippen molar-refractivity contribution in [3.05, 3.63) is 212 Å². The Bertz CT molecular complexity index is 1770. The summed E-state index contributed by atoms with van der Waals surface area (Å²) in [7, 11) is 0. The molecule has 0 saturated heterocycles. The largest absolute Gasteiger partial charge is 0.377 e. The minimum atomic E-state index is -0.801. The molecule has 0 fully saturated rings. The first kappa shape index (κ1) is 49.0.